The fourth-order valence-corrected chi connectivity index (χ4v) is 5.25. The number of imidazole rings is 1. The predicted octanol–water partition coefficient (Wildman–Crippen LogP) is 4.64. The first-order valence-electron chi connectivity index (χ1n) is 11.7. The zero-order valence-corrected chi connectivity index (χ0v) is 19.2. The van der Waals surface area contributed by atoms with Gasteiger partial charge in [-0.1, -0.05) is 30.3 Å². The minimum Gasteiger partial charge on any atom is -0.370 e. The Bertz CT molecular complexity index is 1380. The fourth-order valence-electron chi connectivity index (χ4n) is 5.25. The summed E-state index contributed by atoms with van der Waals surface area (Å²) in [5, 5.41) is 0. The molecule has 0 N–H and O–H groups in total. The molecule has 3 aromatic heterocycles. The molecule has 35 heavy (non-hydrogen) atoms. The zero-order chi connectivity index (χ0) is 24.2. The van der Waals surface area contributed by atoms with Gasteiger partial charge in [-0.25, -0.2) is 15.0 Å². The van der Waals surface area contributed by atoms with Gasteiger partial charge in [-0.15, -0.1) is 0 Å². The summed E-state index contributed by atoms with van der Waals surface area (Å²) in [6.45, 7) is 5.86. The molecule has 0 atom stereocenters. The van der Waals surface area contributed by atoms with E-state index in [0.29, 0.717) is 24.4 Å². The monoisotopic (exact) mass is 479 g/mol. The van der Waals surface area contributed by atoms with Gasteiger partial charge in [0.2, 0.25) is 0 Å². The third-order valence-electron chi connectivity index (χ3n) is 7.01. The van der Waals surface area contributed by atoms with E-state index < -0.39 is 11.9 Å². The van der Waals surface area contributed by atoms with E-state index in [1.807, 2.05) is 35.2 Å². The maximum absolute atomic E-state index is 13.0. The van der Waals surface area contributed by atoms with E-state index in [-0.39, 0.29) is 5.41 Å². The lowest BCUT2D eigenvalue weighted by molar-refractivity contribution is -0.141. The van der Waals surface area contributed by atoms with E-state index in [9.17, 15) is 13.2 Å². The molecular weight excluding hydrogens is 455 g/mol. The molecule has 2 aliphatic heterocycles. The Kier molecular flexibility index (Phi) is 4.94. The minimum atomic E-state index is -4.44. The number of alkyl halides is 3. The Balaban J connectivity index is 1.21. The van der Waals surface area contributed by atoms with Gasteiger partial charge < -0.3 is 14.4 Å². The second kappa shape index (κ2) is 7.93. The molecule has 5 heterocycles. The van der Waals surface area contributed by atoms with Crippen LogP contribution in [0.5, 0.6) is 0 Å². The molecule has 0 bridgehead atoms. The Hall–Kier alpha value is -3.69. The second-order valence-electron chi connectivity index (χ2n) is 9.35. The first-order chi connectivity index (χ1) is 16.9. The number of hydrogen-bond acceptors (Lipinski definition) is 6. The van der Waals surface area contributed by atoms with E-state index in [4.69, 9.17) is 9.97 Å². The van der Waals surface area contributed by atoms with Gasteiger partial charge >= 0.3 is 6.18 Å². The maximum atomic E-state index is 13.0. The number of nitrogens with zero attached hydrogens (tertiary/aromatic N) is 7. The van der Waals surface area contributed by atoms with Crippen LogP contribution in [0.25, 0.3) is 22.7 Å². The van der Waals surface area contributed by atoms with Gasteiger partial charge in [0.05, 0.1) is 6.20 Å². The Morgan fingerprint density at radius 3 is 2.49 bits per heavy atom. The van der Waals surface area contributed by atoms with Crippen molar-refractivity contribution in [1.29, 1.82) is 0 Å². The van der Waals surface area contributed by atoms with Gasteiger partial charge in [0.25, 0.3) is 0 Å². The van der Waals surface area contributed by atoms with Crippen LogP contribution in [-0.2, 0) is 12.7 Å². The molecule has 2 saturated heterocycles. The van der Waals surface area contributed by atoms with Crippen molar-refractivity contribution in [3.63, 3.8) is 0 Å². The van der Waals surface area contributed by atoms with Crippen LogP contribution >= 0.6 is 0 Å². The molecule has 0 amide bonds. The standard InChI is InChI=1S/C25H24F3N7/c1-2-35-22(17-6-4-3-5-7-17)32-21-23(35)31-20(13-30-21)33-11-9-24(14-33)15-34(16-24)18-8-10-29-19(12-18)25(26,27)28/h3-8,10,12-13H,2,9,11,14-16H2,1H3. The third-order valence-corrected chi connectivity index (χ3v) is 7.01. The van der Waals surface area contributed by atoms with Crippen molar-refractivity contribution in [1.82, 2.24) is 24.5 Å². The number of hydrogen-bond donors (Lipinski definition) is 0. The maximum Gasteiger partial charge on any atom is 0.433 e. The van der Waals surface area contributed by atoms with E-state index in [2.05, 4.69) is 26.4 Å². The molecule has 0 aliphatic carbocycles. The van der Waals surface area contributed by atoms with Crippen LogP contribution in [0.2, 0.25) is 0 Å². The Labute approximate surface area is 200 Å². The number of benzene rings is 1. The van der Waals surface area contributed by atoms with Crippen LogP contribution in [0.4, 0.5) is 24.7 Å². The highest BCUT2D eigenvalue weighted by Gasteiger charge is 2.48. The number of halogens is 3. The molecule has 4 aromatic rings. The quantitative estimate of drug-likeness (QED) is 0.425. The number of aryl methyl sites for hydroxylation is 1. The van der Waals surface area contributed by atoms with Crippen LogP contribution in [0.1, 0.15) is 19.0 Å². The molecule has 2 aliphatic rings. The van der Waals surface area contributed by atoms with E-state index >= 15 is 0 Å². The van der Waals surface area contributed by atoms with Crippen molar-refractivity contribution in [3.05, 3.63) is 60.6 Å². The summed E-state index contributed by atoms with van der Waals surface area (Å²) in [5.74, 6) is 1.66. The summed E-state index contributed by atoms with van der Waals surface area (Å²) >= 11 is 0. The average Bonchev–Trinajstić information content (AvgIpc) is 3.45. The van der Waals surface area contributed by atoms with Gasteiger partial charge in [0, 0.05) is 55.6 Å². The van der Waals surface area contributed by atoms with Crippen molar-refractivity contribution in [2.24, 2.45) is 5.41 Å². The molecule has 180 valence electrons. The third kappa shape index (κ3) is 3.77. The van der Waals surface area contributed by atoms with Crippen LogP contribution in [0.15, 0.2) is 54.9 Å². The van der Waals surface area contributed by atoms with Crippen molar-refractivity contribution in [3.8, 4) is 11.4 Å². The van der Waals surface area contributed by atoms with E-state index in [1.54, 1.807) is 12.3 Å². The lowest BCUT2D eigenvalue weighted by atomic mass is 9.79. The molecule has 7 nitrogen and oxygen atoms in total. The SMILES string of the molecule is CCn1c(-c2ccccc2)nc2ncc(N3CCC4(CN(c5ccnc(C(F)(F)F)c5)C4)C3)nc21. The van der Waals surface area contributed by atoms with Crippen molar-refractivity contribution >= 4 is 22.8 Å². The summed E-state index contributed by atoms with van der Waals surface area (Å²) in [4.78, 5) is 22.0. The number of rotatable bonds is 4. The van der Waals surface area contributed by atoms with E-state index in [0.717, 1.165) is 55.0 Å². The summed E-state index contributed by atoms with van der Waals surface area (Å²) in [6, 6.07) is 12.8. The average molecular weight is 480 g/mol. The molecule has 1 spiro atoms. The summed E-state index contributed by atoms with van der Waals surface area (Å²) in [5.41, 5.74) is 2.16. The minimum absolute atomic E-state index is 0.0402. The van der Waals surface area contributed by atoms with Gasteiger partial charge in [0.15, 0.2) is 11.3 Å². The summed E-state index contributed by atoms with van der Waals surface area (Å²) in [7, 11) is 0. The topological polar surface area (TPSA) is 63.0 Å². The highest BCUT2D eigenvalue weighted by Crippen LogP contribution is 2.43. The summed E-state index contributed by atoms with van der Waals surface area (Å²) < 4.78 is 41.2. The van der Waals surface area contributed by atoms with Crippen LogP contribution < -0.4 is 9.80 Å². The normalized spacial score (nSPS) is 17.4. The highest BCUT2D eigenvalue weighted by atomic mass is 19.4. The molecule has 10 heteroatoms. The second-order valence-corrected chi connectivity index (χ2v) is 9.35. The van der Waals surface area contributed by atoms with Gasteiger partial charge in [0.1, 0.15) is 17.3 Å². The number of anilines is 2. The molecule has 1 aromatic carbocycles. The summed E-state index contributed by atoms with van der Waals surface area (Å²) in [6.07, 6.45) is -0.471. The smallest absolute Gasteiger partial charge is 0.370 e. The zero-order valence-electron chi connectivity index (χ0n) is 19.2. The van der Waals surface area contributed by atoms with Gasteiger partial charge in [-0.2, -0.15) is 13.2 Å². The van der Waals surface area contributed by atoms with Gasteiger partial charge in [-0.3, -0.25) is 4.98 Å². The fraction of sp³-hybridized carbons (Fsp3) is 0.360. The van der Waals surface area contributed by atoms with Crippen molar-refractivity contribution < 1.29 is 13.2 Å². The van der Waals surface area contributed by atoms with E-state index in [1.165, 1.54) is 6.20 Å². The lowest BCUT2D eigenvalue weighted by Gasteiger charge is -2.49. The number of fused-ring (bicyclic) bond motifs is 1. The molecular formula is C25H24F3N7. The molecule has 6 rings (SSSR count). The number of aromatic nitrogens is 5. The number of pyridine rings is 1. The highest BCUT2D eigenvalue weighted by molar-refractivity contribution is 5.75. The van der Waals surface area contributed by atoms with Crippen molar-refractivity contribution in [2.45, 2.75) is 26.1 Å². The van der Waals surface area contributed by atoms with Crippen LogP contribution in [-0.4, -0.2) is 50.7 Å². The molecule has 0 saturated carbocycles. The molecule has 0 radical (unpaired) electrons. The first kappa shape index (κ1) is 21.8. The molecule has 0 unspecified atom stereocenters. The predicted molar refractivity (Wildman–Crippen MR) is 127 cm³/mol. The van der Waals surface area contributed by atoms with Gasteiger partial charge in [-0.05, 0) is 25.5 Å². The van der Waals surface area contributed by atoms with Crippen molar-refractivity contribution in [2.75, 3.05) is 36.0 Å². The first-order valence-corrected chi connectivity index (χ1v) is 11.7. The Morgan fingerprint density at radius 2 is 1.74 bits per heavy atom. The molecule has 2 fully saturated rings. The van der Waals surface area contributed by atoms with Crippen LogP contribution in [0, 0.1) is 5.41 Å². The Morgan fingerprint density at radius 1 is 0.971 bits per heavy atom. The lowest BCUT2D eigenvalue weighted by Crippen LogP contribution is -2.57. The van der Waals surface area contributed by atoms with Crippen LogP contribution in [0.3, 0.4) is 0 Å². The largest absolute Gasteiger partial charge is 0.433 e.